The van der Waals surface area contributed by atoms with Gasteiger partial charge >= 0.3 is 0 Å². The molecule has 18 heavy (non-hydrogen) atoms. The van der Waals surface area contributed by atoms with E-state index in [9.17, 15) is 8.42 Å². The molecule has 0 N–H and O–H groups in total. The van der Waals surface area contributed by atoms with Crippen LogP contribution < -0.4 is 0 Å². The van der Waals surface area contributed by atoms with Gasteiger partial charge in [0.15, 0.2) is 0 Å². The van der Waals surface area contributed by atoms with E-state index in [-0.39, 0.29) is 0 Å². The molecule has 1 aliphatic rings. The van der Waals surface area contributed by atoms with Crippen molar-refractivity contribution in [1.29, 1.82) is 0 Å². The predicted octanol–water partition coefficient (Wildman–Crippen LogP) is 3.22. The van der Waals surface area contributed by atoms with E-state index in [1.807, 2.05) is 6.92 Å². The Kier molecular flexibility index (Phi) is 4.36. The van der Waals surface area contributed by atoms with Gasteiger partial charge in [-0.1, -0.05) is 6.92 Å². The molecule has 6 heteroatoms. The predicted molar refractivity (Wildman–Crippen MR) is 75.8 cm³/mol. The number of hydrogen-bond acceptors (Lipinski definition) is 3. The Morgan fingerprint density at radius 3 is 2.83 bits per heavy atom. The molecule has 1 unspecified atom stereocenters. The maximum Gasteiger partial charge on any atom is 0.252 e. The van der Waals surface area contributed by atoms with Crippen molar-refractivity contribution in [2.75, 3.05) is 13.1 Å². The first-order valence-corrected chi connectivity index (χ1v) is 8.89. The van der Waals surface area contributed by atoms with E-state index >= 15 is 0 Å². The lowest BCUT2D eigenvalue weighted by Gasteiger charge is -2.29. The fraction of sp³-hybridized carbons (Fsp3) is 0.667. The normalized spacial score (nSPS) is 22.3. The lowest BCUT2D eigenvalue weighted by Crippen LogP contribution is -2.38. The molecule has 1 saturated heterocycles. The molecule has 0 spiro atoms. The number of sulfonamides is 1. The van der Waals surface area contributed by atoms with Gasteiger partial charge < -0.3 is 0 Å². The van der Waals surface area contributed by atoms with Gasteiger partial charge in [-0.25, -0.2) is 8.42 Å². The number of halogens is 1. The van der Waals surface area contributed by atoms with Crippen LogP contribution in [0.2, 0.25) is 0 Å². The van der Waals surface area contributed by atoms with Crippen molar-refractivity contribution in [1.82, 2.24) is 4.31 Å². The molecular weight excluding hydrogens is 290 g/mol. The van der Waals surface area contributed by atoms with Crippen LogP contribution in [0.25, 0.3) is 0 Å². The molecule has 0 saturated carbocycles. The fourth-order valence-electron chi connectivity index (χ4n) is 2.24. The summed E-state index contributed by atoms with van der Waals surface area (Å²) in [5, 5.41) is 0. The number of alkyl halides is 1. The summed E-state index contributed by atoms with van der Waals surface area (Å²) in [6.07, 6.45) is 2.07. The van der Waals surface area contributed by atoms with Crippen LogP contribution in [0.5, 0.6) is 0 Å². The molecule has 2 heterocycles. The summed E-state index contributed by atoms with van der Waals surface area (Å²) in [5.41, 5.74) is 0.971. The minimum Gasteiger partial charge on any atom is -0.206 e. The Hall–Kier alpha value is -0.100. The highest BCUT2D eigenvalue weighted by atomic mass is 35.5. The van der Waals surface area contributed by atoms with Crippen LogP contribution in [0.4, 0.5) is 0 Å². The van der Waals surface area contributed by atoms with Crippen molar-refractivity contribution in [2.24, 2.45) is 5.92 Å². The molecule has 0 radical (unpaired) electrons. The summed E-state index contributed by atoms with van der Waals surface area (Å²) in [4.78, 5) is 0.945. The average molecular weight is 308 g/mol. The Labute approximate surface area is 118 Å². The minimum atomic E-state index is -3.31. The molecule has 0 bridgehead atoms. The number of rotatable bonds is 3. The van der Waals surface area contributed by atoms with Gasteiger partial charge in [0.25, 0.3) is 10.0 Å². The van der Waals surface area contributed by atoms with Crippen molar-refractivity contribution in [3.63, 3.8) is 0 Å². The minimum absolute atomic E-state index is 0.377. The molecule has 0 aromatic carbocycles. The van der Waals surface area contributed by atoms with Gasteiger partial charge in [0.1, 0.15) is 4.21 Å². The van der Waals surface area contributed by atoms with E-state index in [1.165, 1.54) is 11.3 Å². The zero-order valence-corrected chi connectivity index (χ0v) is 13.0. The van der Waals surface area contributed by atoms with Crippen LogP contribution in [0, 0.1) is 12.8 Å². The molecule has 2 rings (SSSR count). The van der Waals surface area contributed by atoms with E-state index in [0.29, 0.717) is 29.1 Å². The molecule has 102 valence electrons. The van der Waals surface area contributed by atoms with Gasteiger partial charge in [-0.05, 0) is 37.3 Å². The molecule has 1 atom stereocenters. The smallest absolute Gasteiger partial charge is 0.206 e. The maximum absolute atomic E-state index is 12.5. The third-order valence-corrected chi connectivity index (χ3v) is 7.31. The zero-order valence-electron chi connectivity index (χ0n) is 10.6. The van der Waals surface area contributed by atoms with E-state index in [1.54, 1.807) is 10.4 Å². The molecule has 3 nitrogen and oxygen atoms in total. The maximum atomic E-state index is 12.5. The van der Waals surface area contributed by atoms with Gasteiger partial charge in [-0.3, -0.25) is 0 Å². The summed E-state index contributed by atoms with van der Waals surface area (Å²) >= 11 is 7.11. The zero-order chi connectivity index (χ0) is 13.3. The number of hydrogen-bond donors (Lipinski definition) is 0. The SMILES string of the molecule is Cc1cc(S(=O)(=O)N2CCCC(C)C2)sc1CCl. The number of thiophene rings is 1. The van der Waals surface area contributed by atoms with Crippen LogP contribution in [0.3, 0.4) is 0 Å². The topological polar surface area (TPSA) is 37.4 Å². The Bertz CT molecular complexity index is 524. The largest absolute Gasteiger partial charge is 0.252 e. The van der Waals surface area contributed by atoms with Crippen molar-refractivity contribution in [3.05, 3.63) is 16.5 Å². The van der Waals surface area contributed by atoms with Gasteiger partial charge in [0, 0.05) is 18.0 Å². The van der Waals surface area contributed by atoms with E-state index in [2.05, 4.69) is 6.92 Å². The van der Waals surface area contributed by atoms with Crippen LogP contribution in [-0.4, -0.2) is 25.8 Å². The second-order valence-electron chi connectivity index (χ2n) is 4.92. The van der Waals surface area contributed by atoms with Crippen LogP contribution in [0.15, 0.2) is 10.3 Å². The highest BCUT2D eigenvalue weighted by molar-refractivity contribution is 7.91. The van der Waals surface area contributed by atoms with Crippen molar-refractivity contribution in [2.45, 2.75) is 36.8 Å². The lowest BCUT2D eigenvalue weighted by molar-refractivity contribution is 0.281. The van der Waals surface area contributed by atoms with Crippen molar-refractivity contribution < 1.29 is 8.42 Å². The Morgan fingerprint density at radius 1 is 1.56 bits per heavy atom. The van der Waals surface area contributed by atoms with Gasteiger partial charge in [0.05, 0.1) is 5.88 Å². The number of piperidine rings is 1. The van der Waals surface area contributed by atoms with Crippen molar-refractivity contribution in [3.8, 4) is 0 Å². The Morgan fingerprint density at radius 2 is 2.28 bits per heavy atom. The first-order chi connectivity index (χ1) is 8.45. The second kappa shape index (κ2) is 5.49. The summed E-state index contributed by atoms with van der Waals surface area (Å²) in [7, 11) is -3.31. The van der Waals surface area contributed by atoms with E-state index < -0.39 is 10.0 Å². The van der Waals surface area contributed by atoms with Crippen LogP contribution >= 0.6 is 22.9 Å². The number of nitrogens with zero attached hydrogens (tertiary/aromatic N) is 1. The molecule has 1 aliphatic heterocycles. The molecule has 1 aromatic heterocycles. The van der Waals surface area contributed by atoms with Gasteiger partial charge in [-0.2, -0.15) is 4.31 Å². The molecule has 0 aliphatic carbocycles. The van der Waals surface area contributed by atoms with Crippen LogP contribution in [-0.2, 0) is 15.9 Å². The first-order valence-electron chi connectivity index (χ1n) is 6.10. The van der Waals surface area contributed by atoms with E-state index in [0.717, 1.165) is 23.3 Å². The fourth-order valence-corrected chi connectivity index (χ4v) is 5.81. The average Bonchev–Trinajstić information content (AvgIpc) is 2.71. The standard InChI is InChI=1S/C12H18ClNO2S2/c1-9-4-3-5-14(8-9)18(15,16)12-6-10(2)11(7-13)17-12/h6,9H,3-5,7-8H2,1-2H3. The van der Waals surface area contributed by atoms with Crippen molar-refractivity contribution >= 4 is 33.0 Å². The second-order valence-corrected chi connectivity index (χ2v) is 8.48. The molecule has 1 aromatic rings. The van der Waals surface area contributed by atoms with E-state index in [4.69, 9.17) is 11.6 Å². The molecule has 1 fully saturated rings. The summed E-state index contributed by atoms with van der Waals surface area (Å²) in [5.74, 6) is 0.824. The highest BCUT2D eigenvalue weighted by Gasteiger charge is 2.30. The molecule has 0 amide bonds. The third kappa shape index (κ3) is 2.74. The summed E-state index contributed by atoms with van der Waals surface area (Å²) < 4.78 is 27.1. The highest BCUT2D eigenvalue weighted by Crippen LogP contribution is 2.31. The Balaban J connectivity index is 2.29. The molecular formula is C12H18ClNO2S2. The summed E-state index contributed by atoms with van der Waals surface area (Å²) in [6.45, 7) is 5.28. The number of aryl methyl sites for hydroxylation is 1. The van der Waals surface area contributed by atoms with Gasteiger partial charge in [-0.15, -0.1) is 22.9 Å². The third-order valence-electron chi connectivity index (χ3n) is 3.33. The monoisotopic (exact) mass is 307 g/mol. The van der Waals surface area contributed by atoms with Crippen LogP contribution in [0.1, 0.15) is 30.2 Å². The first kappa shape index (κ1) is 14.3. The lowest BCUT2D eigenvalue weighted by atomic mass is 10.0. The summed E-state index contributed by atoms with van der Waals surface area (Å²) in [6, 6.07) is 1.75. The van der Waals surface area contributed by atoms with Gasteiger partial charge in [0.2, 0.25) is 0 Å². The quantitative estimate of drug-likeness (QED) is 0.804.